The van der Waals surface area contributed by atoms with Gasteiger partial charge in [0.25, 0.3) is 0 Å². The summed E-state index contributed by atoms with van der Waals surface area (Å²) in [5, 5.41) is 12.0. The summed E-state index contributed by atoms with van der Waals surface area (Å²) >= 11 is 0. The van der Waals surface area contributed by atoms with Crippen LogP contribution in [0.15, 0.2) is 42.5 Å². The Kier molecular flexibility index (Phi) is 4.85. The maximum atomic E-state index is 13.2. The molecule has 0 atom stereocenters. The third-order valence-electron chi connectivity index (χ3n) is 3.73. The van der Waals surface area contributed by atoms with Crippen molar-refractivity contribution in [2.75, 3.05) is 12.4 Å². The van der Waals surface area contributed by atoms with Crippen LogP contribution in [0.3, 0.4) is 0 Å². The van der Waals surface area contributed by atoms with Gasteiger partial charge in [0.05, 0.1) is 19.0 Å². The van der Waals surface area contributed by atoms with Crippen LogP contribution in [-0.4, -0.2) is 28.2 Å². The number of hydrogen-bond donors (Lipinski definition) is 2. The van der Waals surface area contributed by atoms with Gasteiger partial charge in [-0.15, -0.1) is 0 Å². The minimum Gasteiger partial charge on any atom is -0.497 e. The third kappa shape index (κ3) is 4.25. The Balaban J connectivity index is 2.02. The van der Waals surface area contributed by atoms with Gasteiger partial charge in [-0.3, -0.25) is 4.79 Å². The molecular formula is C18H14F3N3O3. The van der Waals surface area contributed by atoms with Crippen molar-refractivity contribution in [2.45, 2.75) is 12.6 Å². The van der Waals surface area contributed by atoms with Crippen molar-refractivity contribution in [1.82, 2.24) is 9.97 Å². The maximum absolute atomic E-state index is 13.2. The number of nitrogens with zero attached hydrogens (tertiary/aromatic N) is 2. The van der Waals surface area contributed by atoms with Gasteiger partial charge in [-0.25, -0.2) is 9.97 Å². The van der Waals surface area contributed by atoms with Gasteiger partial charge >= 0.3 is 12.1 Å². The summed E-state index contributed by atoms with van der Waals surface area (Å²) in [7, 11) is 1.41. The largest absolute Gasteiger partial charge is 0.497 e. The number of ether oxygens (including phenoxy) is 1. The summed E-state index contributed by atoms with van der Waals surface area (Å²) in [5.41, 5.74) is 1.12. The second kappa shape index (κ2) is 7.10. The number of carboxylic acids is 1. The smallest absolute Gasteiger partial charge is 0.451 e. The van der Waals surface area contributed by atoms with Crippen LogP contribution in [0, 0.1) is 0 Å². The van der Waals surface area contributed by atoms with E-state index in [2.05, 4.69) is 15.3 Å². The quantitative estimate of drug-likeness (QED) is 0.699. The second-order valence-corrected chi connectivity index (χ2v) is 5.67. The molecule has 2 aromatic carbocycles. The molecule has 3 rings (SSSR count). The lowest BCUT2D eigenvalue weighted by atomic mass is 10.1. The lowest BCUT2D eigenvalue weighted by Gasteiger charge is -2.13. The van der Waals surface area contributed by atoms with E-state index in [9.17, 15) is 18.0 Å². The van der Waals surface area contributed by atoms with Crippen molar-refractivity contribution in [2.24, 2.45) is 0 Å². The van der Waals surface area contributed by atoms with E-state index in [0.29, 0.717) is 22.4 Å². The summed E-state index contributed by atoms with van der Waals surface area (Å²) in [6.45, 7) is 0. The van der Waals surface area contributed by atoms with Crippen LogP contribution in [-0.2, 0) is 17.4 Å². The molecule has 3 aromatic rings. The van der Waals surface area contributed by atoms with Gasteiger partial charge in [-0.2, -0.15) is 13.2 Å². The Bertz CT molecular complexity index is 989. The molecule has 1 aromatic heterocycles. The summed E-state index contributed by atoms with van der Waals surface area (Å²) in [5.74, 6) is -1.88. The van der Waals surface area contributed by atoms with E-state index in [4.69, 9.17) is 9.84 Å². The van der Waals surface area contributed by atoms with E-state index in [1.807, 2.05) is 0 Å². The van der Waals surface area contributed by atoms with Crippen LogP contribution in [0.4, 0.5) is 24.7 Å². The first-order valence-corrected chi connectivity index (χ1v) is 7.77. The molecule has 0 amide bonds. The van der Waals surface area contributed by atoms with Crippen LogP contribution in [0.5, 0.6) is 5.75 Å². The number of fused-ring (bicyclic) bond motifs is 1. The van der Waals surface area contributed by atoms with Gasteiger partial charge in [0.1, 0.15) is 11.6 Å². The fourth-order valence-corrected chi connectivity index (χ4v) is 2.48. The standard InChI is InChI=1S/C18H14F3N3O3/c1-27-12-6-7-13-14(9-12)23-17(18(19,20)21)24-16(13)22-11-4-2-10(3-5-11)8-15(25)26/h2-7,9H,8H2,1H3,(H,25,26)(H,22,23,24). The highest BCUT2D eigenvalue weighted by molar-refractivity contribution is 5.91. The van der Waals surface area contributed by atoms with E-state index in [-0.39, 0.29) is 17.8 Å². The van der Waals surface area contributed by atoms with E-state index in [1.165, 1.54) is 13.2 Å². The fraction of sp³-hybridized carbons (Fsp3) is 0.167. The number of carbonyl (C=O) groups is 1. The molecule has 0 aliphatic rings. The predicted octanol–water partition coefficient (Wildman–Crippen LogP) is 4.03. The first kappa shape index (κ1) is 18.4. The number of benzene rings is 2. The number of methoxy groups -OCH3 is 1. The number of rotatable bonds is 5. The Hall–Kier alpha value is -3.36. The van der Waals surface area contributed by atoms with Crippen LogP contribution in [0.25, 0.3) is 10.9 Å². The third-order valence-corrected chi connectivity index (χ3v) is 3.73. The predicted molar refractivity (Wildman–Crippen MR) is 92.2 cm³/mol. The molecule has 0 bridgehead atoms. The zero-order chi connectivity index (χ0) is 19.6. The highest BCUT2D eigenvalue weighted by Crippen LogP contribution is 2.32. The van der Waals surface area contributed by atoms with Gasteiger partial charge in [0, 0.05) is 17.1 Å². The first-order chi connectivity index (χ1) is 12.8. The molecule has 0 saturated heterocycles. The Morgan fingerprint density at radius 3 is 2.44 bits per heavy atom. The van der Waals surface area contributed by atoms with E-state index >= 15 is 0 Å². The van der Waals surface area contributed by atoms with Crippen LogP contribution >= 0.6 is 0 Å². The van der Waals surface area contributed by atoms with Crippen molar-refractivity contribution in [3.05, 3.63) is 53.9 Å². The van der Waals surface area contributed by atoms with Crippen LogP contribution < -0.4 is 10.1 Å². The Labute approximate surface area is 151 Å². The summed E-state index contributed by atoms with van der Waals surface area (Å²) in [6.07, 6.45) is -4.85. The van der Waals surface area contributed by atoms with Gasteiger partial charge in [-0.1, -0.05) is 12.1 Å². The highest BCUT2D eigenvalue weighted by atomic mass is 19.4. The van der Waals surface area contributed by atoms with Crippen molar-refractivity contribution >= 4 is 28.4 Å². The monoisotopic (exact) mass is 377 g/mol. The highest BCUT2D eigenvalue weighted by Gasteiger charge is 2.35. The number of carboxylic acid groups (broad SMARTS) is 1. The maximum Gasteiger partial charge on any atom is 0.451 e. The van der Waals surface area contributed by atoms with Gasteiger partial charge in [0.15, 0.2) is 0 Å². The molecule has 0 aliphatic heterocycles. The molecule has 0 fully saturated rings. The zero-order valence-corrected chi connectivity index (χ0v) is 14.0. The van der Waals surface area contributed by atoms with Crippen molar-refractivity contribution in [1.29, 1.82) is 0 Å². The molecule has 0 spiro atoms. The molecule has 140 valence electrons. The first-order valence-electron chi connectivity index (χ1n) is 7.77. The summed E-state index contributed by atoms with van der Waals surface area (Å²) in [4.78, 5) is 17.9. The number of anilines is 2. The minimum atomic E-state index is -4.71. The molecule has 6 nitrogen and oxygen atoms in total. The molecule has 0 saturated carbocycles. The molecule has 2 N–H and O–H groups in total. The average Bonchev–Trinajstić information content (AvgIpc) is 2.61. The topological polar surface area (TPSA) is 84.3 Å². The zero-order valence-electron chi connectivity index (χ0n) is 14.0. The van der Waals surface area contributed by atoms with Crippen LogP contribution in [0.2, 0.25) is 0 Å². The number of aliphatic carboxylic acids is 1. The van der Waals surface area contributed by atoms with E-state index in [1.54, 1.807) is 36.4 Å². The number of nitrogens with one attached hydrogen (secondary N) is 1. The fourth-order valence-electron chi connectivity index (χ4n) is 2.48. The lowest BCUT2D eigenvalue weighted by Crippen LogP contribution is -2.12. The molecule has 0 radical (unpaired) electrons. The summed E-state index contributed by atoms with van der Waals surface area (Å²) < 4.78 is 44.5. The van der Waals surface area contributed by atoms with Crippen molar-refractivity contribution < 1.29 is 27.8 Å². The lowest BCUT2D eigenvalue weighted by molar-refractivity contribution is -0.144. The number of halogens is 3. The average molecular weight is 377 g/mol. The summed E-state index contributed by atoms with van der Waals surface area (Å²) in [6, 6.07) is 10.9. The van der Waals surface area contributed by atoms with Gasteiger partial charge in [0.2, 0.25) is 5.82 Å². The van der Waals surface area contributed by atoms with Crippen molar-refractivity contribution in [3.63, 3.8) is 0 Å². The minimum absolute atomic E-state index is 0.0130. The molecule has 1 heterocycles. The number of hydrogen-bond acceptors (Lipinski definition) is 5. The Morgan fingerprint density at radius 1 is 1.15 bits per heavy atom. The molecule has 0 unspecified atom stereocenters. The molecular weight excluding hydrogens is 363 g/mol. The van der Waals surface area contributed by atoms with Crippen LogP contribution in [0.1, 0.15) is 11.4 Å². The van der Waals surface area contributed by atoms with E-state index in [0.717, 1.165) is 0 Å². The number of alkyl halides is 3. The number of aromatic nitrogens is 2. The van der Waals surface area contributed by atoms with E-state index < -0.39 is 18.0 Å². The molecule has 0 aliphatic carbocycles. The normalized spacial score (nSPS) is 11.4. The second-order valence-electron chi connectivity index (χ2n) is 5.67. The molecule has 27 heavy (non-hydrogen) atoms. The SMILES string of the molecule is COc1ccc2c(Nc3ccc(CC(=O)O)cc3)nc(C(F)(F)F)nc2c1. The van der Waals surface area contributed by atoms with Gasteiger partial charge < -0.3 is 15.2 Å². The Morgan fingerprint density at radius 2 is 1.85 bits per heavy atom. The van der Waals surface area contributed by atoms with Crippen molar-refractivity contribution in [3.8, 4) is 5.75 Å². The molecule has 9 heteroatoms. The van der Waals surface area contributed by atoms with Gasteiger partial charge in [-0.05, 0) is 29.8 Å².